The zero-order chi connectivity index (χ0) is 22.0. The van der Waals surface area contributed by atoms with Crippen LogP contribution in [0.3, 0.4) is 0 Å². The van der Waals surface area contributed by atoms with Crippen molar-refractivity contribution in [3.05, 3.63) is 71.8 Å². The van der Waals surface area contributed by atoms with Crippen molar-refractivity contribution in [1.82, 2.24) is 10.6 Å². The number of carbonyl (C=O) groups excluding carboxylic acids is 3. The number of rotatable bonds is 10. The van der Waals surface area contributed by atoms with Crippen LogP contribution in [0.4, 0.5) is 0 Å². The minimum absolute atomic E-state index is 0.249. The second-order valence-electron chi connectivity index (χ2n) is 6.61. The highest BCUT2D eigenvalue weighted by Crippen LogP contribution is 2.35. The van der Waals surface area contributed by atoms with Crippen LogP contribution in [0.5, 0.6) is 0 Å². The summed E-state index contributed by atoms with van der Waals surface area (Å²) in [6.45, 7) is 5.31. The minimum Gasteiger partial charge on any atom is -0.453 e. The molecule has 2 aromatic rings. The maximum atomic E-state index is 13.3. The van der Waals surface area contributed by atoms with Crippen molar-refractivity contribution in [2.45, 2.75) is 32.4 Å². The Balaban J connectivity index is 2.24. The fourth-order valence-electron chi connectivity index (χ4n) is 3.10. The first-order chi connectivity index (χ1) is 14.5. The number of likely N-dealkylation sites (N-methyl/N-ethyl adjacent to an activating group) is 1. The van der Waals surface area contributed by atoms with Crippen molar-refractivity contribution >= 4 is 17.8 Å². The smallest absolute Gasteiger partial charge is 0.348 e. The summed E-state index contributed by atoms with van der Waals surface area (Å²) in [4.78, 5) is 37.3. The Morgan fingerprint density at radius 1 is 0.933 bits per heavy atom. The average Bonchev–Trinajstić information content (AvgIpc) is 2.77. The summed E-state index contributed by atoms with van der Waals surface area (Å²) in [5.74, 6) is -1.59. The highest BCUT2D eigenvalue weighted by Gasteiger charge is 2.45. The first-order valence-electron chi connectivity index (χ1n) is 9.95. The van der Waals surface area contributed by atoms with Gasteiger partial charge in [0.2, 0.25) is 11.5 Å². The van der Waals surface area contributed by atoms with Crippen LogP contribution >= 0.6 is 0 Å². The van der Waals surface area contributed by atoms with Crippen LogP contribution in [0, 0.1) is 0 Å². The third-order valence-electron chi connectivity index (χ3n) is 4.47. The first kappa shape index (κ1) is 23.1. The van der Waals surface area contributed by atoms with E-state index in [0.717, 1.165) is 0 Å². The molecule has 0 bridgehead atoms. The highest BCUT2D eigenvalue weighted by atomic mass is 16.6. The maximum absolute atomic E-state index is 13.3. The highest BCUT2D eigenvalue weighted by molar-refractivity contribution is 5.90. The predicted molar refractivity (Wildman–Crippen MR) is 113 cm³/mol. The molecule has 0 aliphatic carbocycles. The van der Waals surface area contributed by atoms with E-state index in [9.17, 15) is 14.4 Å². The zero-order valence-electron chi connectivity index (χ0n) is 17.5. The summed E-state index contributed by atoms with van der Waals surface area (Å²) in [5, 5.41) is 5.13. The van der Waals surface area contributed by atoms with Crippen molar-refractivity contribution in [3.63, 3.8) is 0 Å². The summed E-state index contributed by atoms with van der Waals surface area (Å²) in [5.41, 5.74) is -0.318. The molecule has 0 unspecified atom stereocenters. The fraction of sp³-hybridized carbons (Fsp3) is 0.348. The summed E-state index contributed by atoms with van der Waals surface area (Å²) >= 11 is 0. The van der Waals surface area contributed by atoms with Gasteiger partial charge in [-0.25, -0.2) is 4.79 Å². The SMILES string of the molecule is CCNC(=O)[C@@H](C)NC(=O)COC(=O)C(OCC)(c1ccccc1)c1ccccc1. The zero-order valence-corrected chi connectivity index (χ0v) is 17.5. The van der Waals surface area contributed by atoms with E-state index in [1.165, 1.54) is 0 Å². The van der Waals surface area contributed by atoms with Gasteiger partial charge in [0, 0.05) is 13.2 Å². The van der Waals surface area contributed by atoms with E-state index >= 15 is 0 Å². The molecule has 30 heavy (non-hydrogen) atoms. The molecule has 0 saturated heterocycles. The number of nitrogens with one attached hydrogen (secondary N) is 2. The van der Waals surface area contributed by atoms with Crippen LogP contribution in [-0.4, -0.2) is 43.6 Å². The van der Waals surface area contributed by atoms with E-state index < -0.39 is 30.1 Å². The predicted octanol–water partition coefficient (Wildman–Crippen LogP) is 2.15. The molecule has 1 atom stereocenters. The number of amides is 2. The van der Waals surface area contributed by atoms with Gasteiger partial charge in [-0.15, -0.1) is 0 Å². The van der Waals surface area contributed by atoms with Gasteiger partial charge < -0.3 is 20.1 Å². The number of ether oxygens (including phenoxy) is 2. The number of carbonyl (C=O) groups is 3. The lowest BCUT2D eigenvalue weighted by atomic mass is 9.86. The molecule has 0 aromatic heterocycles. The monoisotopic (exact) mass is 412 g/mol. The van der Waals surface area contributed by atoms with Gasteiger partial charge in [0.15, 0.2) is 6.61 Å². The second kappa shape index (κ2) is 11.1. The average molecular weight is 412 g/mol. The van der Waals surface area contributed by atoms with Gasteiger partial charge in [0.05, 0.1) is 0 Å². The lowest BCUT2D eigenvalue weighted by molar-refractivity contribution is -0.170. The molecule has 0 spiro atoms. The first-order valence-corrected chi connectivity index (χ1v) is 9.95. The Kier molecular flexibility index (Phi) is 8.55. The lowest BCUT2D eigenvalue weighted by Gasteiger charge is -2.32. The van der Waals surface area contributed by atoms with Gasteiger partial charge in [0.1, 0.15) is 6.04 Å². The van der Waals surface area contributed by atoms with Crippen LogP contribution in [0.15, 0.2) is 60.7 Å². The molecule has 2 aromatic carbocycles. The van der Waals surface area contributed by atoms with E-state index in [2.05, 4.69) is 10.6 Å². The van der Waals surface area contributed by atoms with Crippen molar-refractivity contribution in [1.29, 1.82) is 0 Å². The molecular weight excluding hydrogens is 384 g/mol. The molecule has 0 heterocycles. The van der Waals surface area contributed by atoms with E-state index in [0.29, 0.717) is 17.7 Å². The quantitative estimate of drug-likeness (QED) is 0.583. The largest absolute Gasteiger partial charge is 0.453 e. The van der Waals surface area contributed by atoms with Gasteiger partial charge in [-0.3, -0.25) is 9.59 Å². The third kappa shape index (κ3) is 5.45. The van der Waals surface area contributed by atoms with Gasteiger partial charge >= 0.3 is 5.97 Å². The molecule has 2 amide bonds. The molecule has 160 valence electrons. The molecule has 7 nitrogen and oxygen atoms in total. The minimum atomic E-state index is -1.51. The van der Waals surface area contributed by atoms with Crippen LogP contribution in [0.2, 0.25) is 0 Å². The van der Waals surface area contributed by atoms with E-state index in [1.54, 1.807) is 69.3 Å². The maximum Gasteiger partial charge on any atom is 0.348 e. The van der Waals surface area contributed by atoms with Crippen molar-refractivity contribution in [2.24, 2.45) is 0 Å². The van der Waals surface area contributed by atoms with E-state index in [1.807, 2.05) is 12.1 Å². The van der Waals surface area contributed by atoms with Crippen molar-refractivity contribution < 1.29 is 23.9 Å². The summed E-state index contributed by atoms with van der Waals surface area (Å²) < 4.78 is 11.3. The number of hydrogen-bond acceptors (Lipinski definition) is 5. The molecule has 2 N–H and O–H groups in total. The van der Waals surface area contributed by atoms with Crippen LogP contribution in [-0.2, 0) is 29.5 Å². The van der Waals surface area contributed by atoms with Gasteiger partial charge in [-0.2, -0.15) is 0 Å². The Morgan fingerprint density at radius 3 is 1.93 bits per heavy atom. The molecule has 0 fully saturated rings. The van der Waals surface area contributed by atoms with Gasteiger partial charge in [0.25, 0.3) is 5.91 Å². The van der Waals surface area contributed by atoms with Gasteiger partial charge in [-0.1, -0.05) is 60.7 Å². The van der Waals surface area contributed by atoms with Crippen LogP contribution < -0.4 is 10.6 Å². The van der Waals surface area contributed by atoms with Crippen molar-refractivity contribution in [2.75, 3.05) is 19.8 Å². The molecule has 0 aliphatic heterocycles. The Labute approximate surface area is 176 Å². The normalized spacial score (nSPS) is 12.0. The van der Waals surface area contributed by atoms with Crippen molar-refractivity contribution in [3.8, 4) is 0 Å². The lowest BCUT2D eigenvalue weighted by Crippen LogP contribution is -2.47. The number of hydrogen-bond donors (Lipinski definition) is 2. The number of benzene rings is 2. The third-order valence-corrected chi connectivity index (χ3v) is 4.47. The molecule has 0 aliphatic rings. The molecule has 2 rings (SSSR count). The standard InChI is InChI=1S/C23H28N2O5/c1-4-24-21(27)17(3)25-20(26)16-29-22(28)23(30-5-2,18-12-8-6-9-13-18)19-14-10-7-11-15-19/h6-15,17H,4-5,16H2,1-3H3,(H,24,27)(H,25,26)/t17-/m1/s1. The molecule has 7 heteroatoms. The molecule has 0 saturated carbocycles. The Hall–Kier alpha value is -3.19. The Bertz CT molecular complexity index is 800. The van der Waals surface area contributed by atoms with Gasteiger partial charge in [-0.05, 0) is 31.9 Å². The fourth-order valence-corrected chi connectivity index (χ4v) is 3.10. The van der Waals surface area contributed by atoms with Crippen LogP contribution in [0.25, 0.3) is 0 Å². The summed E-state index contributed by atoms with van der Waals surface area (Å²) in [6, 6.07) is 17.3. The second-order valence-corrected chi connectivity index (χ2v) is 6.61. The summed E-state index contributed by atoms with van der Waals surface area (Å²) in [6.07, 6.45) is 0. The molecule has 0 radical (unpaired) electrons. The van der Waals surface area contributed by atoms with E-state index in [-0.39, 0.29) is 12.5 Å². The topological polar surface area (TPSA) is 93.7 Å². The number of esters is 1. The van der Waals surface area contributed by atoms with E-state index in [4.69, 9.17) is 9.47 Å². The van der Waals surface area contributed by atoms with Crippen LogP contribution in [0.1, 0.15) is 31.9 Å². The summed E-state index contributed by atoms with van der Waals surface area (Å²) in [7, 11) is 0. The Morgan fingerprint density at radius 2 is 1.47 bits per heavy atom. The molecular formula is C23H28N2O5.